The molecule has 1 N–H and O–H groups in total. The van der Waals surface area contributed by atoms with Gasteiger partial charge in [0.05, 0.1) is 16.6 Å². The van der Waals surface area contributed by atoms with Crippen LogP contribution in [0.25, 0.3) is 21.8 Å². The van der Waals surface area contributed by atoms with Gasteiger partial charge in [-0.2, -0.15) is 0 Å². The Morgan fingerprint density at radius 1 is 0.960 bits per heavy atom. The van der Waals surface area contributed by atoms with Crippen molar-refractivity contribution in [1.29, 1.82) is 0 Å². The quantitative estimate of drug-likeness (QED) is 0.583. The van der Waals surface area contributed by atoms with Crippen LogP contribution in [0.2, 0.25) is 0 Å². The molecule has 0 radical (unpaired) electrons. The first-order valence-corrected chi connectivity index (χ1v) is 8.14. The van der Waals surface area contributed by atoms with Crippen molar-refractivity contribution in [2.45, 2.75) is 13.8 Å². The molecule has 2 aromatic carbocycles. The average molecular weight is 327 g/mol. The predicted octanol–water partition coefficient (Wildman–Crippen LogP) is 4.65. The van der Waals surface area contributed by atoms with Gasteiger partial charge in [-0.25, -0.2) is 0 Å². The molecule has 0 saturated heterocycles. The normalized spacial score (nSPS) is 11.0. The van der Waals surface area contributed by atoms with E-state index in [0.717, 1.165) is 38.8 Å². The molecule has 0 aliphatic carbocycles. The minimum Gasteiger partial charge on any atom is -0.322 e. The molecular formula is C21H17N3O. The molecule has 0 spiro atoms. The number of nitrogens with zero attached hydrogens (tertiary/aromatic N) is 2. The van der Waals surface area contributed by atoms with Gasteiger partial charge in [0.25, 0.3) is 5.91 Å². The lowest BCUT2D eigenvalue weighted by molar-refractivity contribution is 0.102. The van der Waals surface area contributed by atoms with E-state index in [4.69, 9.17) is 0 Å². The van der Waals surface area contributed by atoms with Crippen LogP contribution in [0.1, 0.15) is 21.6 Å². The van der Waals surface area contributed by atoms with E-state index in [0.29, 0.717) is 5.56 Å². The van der Waals surface area contributed by atoms with E-state index in [9.17, 15) is 4.79 Å². The third-order valence-electron chi connectivity index (χ3n) is 4.20. The molecule has 0 aliphatic rings. The van der Waals surface area contributed by atoms with Crippen LogP contribution in [0, 0.1) is 13.8 Å². The van der Waals surface area contributed by atoms with Gasteiger partial charge in [0.1, 0.15) is 0 Å². The number of carbonyl (C=O) groups is 1. The number of hydrogen-bond donors (Lipinski definition) is 1. The zero-order valence-electron chi connectivity index (χ0n) is 14.1. The summed E-state index contributed by atoms with van der Waals surface area (Å²) in [4.78, 5) is 21.7. The number of anilines is 1. The van der Waals surface area contributed by atoms with Crippen LogP contribution in [0.5, 0.6) is 0 Å². The van der Waals surface area contributed by atoms with Gasteiger partial charge in [0, 0.05) is 28.4 Å². The van der Waals surface area contributed by atoms with Gasteiger partial charge in [-0.05, 0) is 56.3 Å². The fourth-order valence-corrected chi connectivity index (χ4v) is 3.01. The highest BCUT2D eigenvalue weighted by Gasteiger charge is 2.13. The highest BCUT2D eigenvalue weighted by atomic mass is 16.1. The Kier molecular flexibility index (Phi) is 3.65. The molecule has 0 aliphatic heterocycles. The summed E-state index contributed by atoms with van der Waals surface area (Å²) in [5, 5.41) is 4.85. The van der Waals surface area contributed by atoms with E-state index in [1.54, 1.807) is 6.20 Å². The van der Waals surface area contributed by atoms with E-state index >= 15 is 0 Å². The van der Waals surface area contributed by atoms with Crippen LogP contribution in [0.3, 0.4) is 0 Å². The highest BCUT2D eigenvalue weighted by molar-refractivity contribution is 6.12. The van der Waals surface area contributed by atoms with E-state index in [1.165, 1.54) is 0 Å². The molecule has 0 bridgehead atoms. The molecule has 4 nitrogen and oxygen atoms in total. The second kappa shape index (κ2) is 5.98. The third kappa shape index (κ3) is 2.94. The summed E-state index contributed by atoms with van der Waals surface area (Å²) >= 11 is 0. The number of benzene rings is 2. The van der Waals surface area contributed by atoms with Crippen molar-refractivity contribution in [3.63, 3.8) is 0 Å². The molecule has 0 unspecified atom stereocenters. The van der Waals surface area contributed by atoms with Crippen molar-refractivity contribution < 1.29 is 4.79 Å². The molecule has 4 aromatic rings. The maximum Gasteiger partial charge on any atom is 0.256 e. The molecular weight excluding hydrogens is 310 g/mol. The lowest BCUT2D eigenvalue weighted by atomic mass is 10.0. The van der Waals surface area contributed by atoms with E-state index in [1.807, 2.05) is 68.4 Å². The summed E-state index contributed by atoms with van der Waals surface area (Å²) in [5.41, 5.74) is 5.05. The van der Waals surface area contributed by atoms with Crippen molar-refractivity contribution in [3.8, 4) is 0 Å². The number of aryl methyl sites for hydroxylation is 2. The van der Waals surface area contributed by atoms with Crippen LogP contribution < -0.4 is 5.32 Å². The summed E-state index contributed by atoms with van der Waals surface area (Å²) < 4.78 is 0. The molecule has 2 aromatic heterocycles. The Labute approximate surface area is 145 Å². The number of hydrogen-bond acceptors (Lipinski definition) is 3. The van der Waals surface area contributed by atoms with E-state index < -0.39 is 0 Å². The van der Waals surface area contributed by atoms with Gasteiger partial charge >= 0.3 is 0 Å². The molecule has 0 atom stereocenters. The van der Waals surface area contributed by atoms with Gasteiger partial charge in [-0.3, -0.25) is 14.8 Å². The van der Waals surface area contributed by atoms with E-state index in [2.05, 4.69) is 15.3 Å². The number of fused-ring (bicyclic) bond motifs is 2. The molecule has 0 saturated carbocycles. The Hall–Kier alpha value is -3.27. The van der Waals surface area contributed by atoms with Crippen LogP contribution in [-0.2, 0) is 0 Å². The Morgan fingerprint density at radius 3 is 2.68 bits per heavy atom. The first-order chi connectivity index (χ1) is 12.1. The maximum atomic E-state index is 12.9. The Morgan fingerprint density at radius 2 is 1.80 bits per heavy atom. The van der Waals surface area contributed by atoms with E-state index in [-0.39, 0.29) is 5.91 Å². The molecule has 122 valence electrons. The Bertz CT molecular complexity index is 1120. The number of nitrogens with one attached hydrogen (secondary N) is 1. The second-order valence-corrected chi connectivity index (χ2v) is 6.20. The van der Waals surface area contributed by atoms with Gasteiger partial charge < -0.3 is 5.32 Å². The predicted molar refractivity (Wildman–Crippen MR) is 101 cm³/mol. The summed E-state index contributed by atoms with van der Waals surface area (Å²) in [6.07, 6.45) is 1.76. The topological polar surface area (TPSA) is 54.9 Å². The van der Waals surface area contributed by atoms with Crippen LogP contribution in [-0.4, -0.2) is 15.9 Å². The number of carbonyl (C=O) groups excluding carboxylic acids is 1. The maximum absolute atomic E-state index is 12.9. The zero-order valence-corrected chi connectivity index (χ0v) is 14.1. The molecule has 0 fully saturated rings. The van der Waals surface area contributed by atoms with Crippen LogP contribution >= 0.6 is 0 Å². The monoisotopic (exact) mass is 327 g/mol. The minimum absolute atomic E-state index is 0.135. The van der Waals surface area contributed by atoms with Crippen molar-refractivity contribution in [3.05, 3.63) is 77.6 Å². The summed E-state index contributed by atoms with van der Waals surface area (Å²) in [5.74, 6) is -0.135. The van der Waals surface area contributed by atoms with Crippen molar-refractivity contribution in [1.82, 2.24) is 9.97 Å². The fraction of sp³-hybridized carbons (Fsp3) is 0.0952. The molecule has 2 heterocycles. The SMILES string of the molecule is Cc1ccc2nc(C)cc(C(=O)Nc3ccc4ncccc4c3)c2c1. The first kappa shape index (κ1) is 15.3. The smallest absolute Gasteiger partial charge is 0.256 e. The van der Waals surface area contributed by atoms with Crippen molar-refractivity contribution >= 4 is 33.4 Å². The second-order valence-electron chi connectivity index (χ2n) is 6.20. The van der Waals surface area contributed by atoms with Gasteiger partial charge in [0.15, 0.2) is 0 Å². The largest absolute Gasteiger partial charge is 0.322 e. The van der Waals surface area contributed by atoms with Crippen LogP contribution in [0.4, 0.5) is 5.69 Å². The molecule has 4 heteroatoms. The van der Waals surface area contributed by atoms with Crippen molar-refractivity contribution in [2.24, 2.45) is 0 Å². The number of amides is 1. The van der Waals surface area contributed by atoms with Gasteiger partial charge in [-0.15, -0.1) is 0 Å². The zero-order chi connectivity index (χ0) is 17.4. The number of pyridine rings is 2. The standard InChI is InChI=1S/C21H17N3O/c1-13-5-7-20-17(10-13)18(11-14(2)23-20)21(25)24-16-6-8-19-15(12-16)4-3-9-22-19/h3-12H,1-2H3,(H,24,25). The lowest BCUT2D eigenvalue weighted by Crippen LogP contribution is -2.13. The fourth-order valence-electron chi connectivity index (χ4n) is 3.01. The highest BCUT2D eigenvalue weighted by Crippen LogP contribution is 2.22. The summed E-state index contributed by atoms with van der Waals surface area (Å²) in [7, 11) is 0. The number of aromatic nitrogens is 2. The molecule has 25 heavy (non-hydrogen) atoms. The molecule has 4 rings (SSSR count). The van der Waals surface area contributed by atoms with Gasteiger partial charge in [-0.1, -0.05) is 17.7 Å². The van der Waals surface area contributed by atoms with Crippen molar-refractivity contribution in [2.75, 3.05) is 5.32 Å². The average Bonchev–Trinajstić information content (AvgIpc) is 2.61. The minimum atomic E-state index is -0.135. The molecule has 1 amide bonds. The number of rotatable bonds is 2. The first-order valence-electron chi connectivity index (χ1n) is 8.14. The third-order valence-corrected chi connectivity index (χ3v) is 4.20. The lowest BCUT2D eigenvalue weighted by Gasteiger charge is -2.10. The van der Waals surface area contributed by atoms with Gasteiger partial charge in [0.2, 0.25) is 0 Å². The summed E-state index contributed by atoms with van der Waals surface area (Å²) in [6.45, 7) is 3.91. The summed E-state index contributed by atoms with van der Waals surface area (Å²) in [6, 6.07) is 17.4. The van der Waals surface area contributed by atoms with Crippen LogP contribution in [0.15, 0.2) is 60.8 Å². The Balaban J connectivity index is 1.75.